The van der Waals surface area contributed by atoms with Crippen LogP contribution in [0.5, 0.6) is 0 Å². The molecular weight excluding hydrogens is 432 g/mol. The van der Waals surface area contributed by atoms with Crippen LogP contribution in [0.25, 0.3) is 0 Å². The first-order valence-electron chi connectivity index (χ1n) is 12.3. The molecule has 1 aliphatic heterocycles. The summed E-state index contributed by atoms with van der Waals surface area (Å²) in [5.74, 6) is -0.251. The molecule has 0 bridgehead atoms. The maximum Gasteiger partial charge on any atom is 0.326 e. The van der Waals surface area contributed by atoms with Crippen LogP contribution in [0.4, 0.5) is 5.82 Å². The summed E-state index contributed by atoms with van der Waals surface area (Å²) >= 11 is 0. The summed E-state index contributed by atoms with van der Waals surface area (Å²) in [6.45, 7) is 3.71. The molecule has 34 heavy (non-hydrogen) atoms. The first kappa shape index (κ1) is 24.1. The number of amides is 1. The number of aryl methyl sites for hydroxylation is 3. The first-order valence-corrected chi connectivity index (χ1v) is 12.3. The zero-order valence-corrected chi connectivity index (χ0v) is 19.8. The zero-order chi connectivity index (χ0) is 24.0. The summed E-state index contributed by atoms with van der Waals surface area (Å²) in [6.07, 6.45) is 8.33. The highest BCUT2D eigenvalue weighted by molar-refractivity contribution is 5.94. The number of hydrogen-bond donors (Lipinski definition) is 3. The minimum absolute atomic E-state index is 0.233. The molecule has 0 spiro atoms. The Labute approximate surface area is 200 Å². The highest BCUT2D eigenvalue weighted by atomic mass is 16.5. The van der Waals surface area contributed by atoms with Crippen LogP contribution in [0.15, 0.2) is 30.5 Å². The van der Waals surface area contributed by atoms with Gasteiger partial charge in [0.2, 0.25) is 5.91 Å². The van der Waals surface area contributed by atoms with Crippen molar-refractivity contribution in [3.05, 3.63) is 53.0 Å². The largest absolute Gasteiger partial charge is 0.480 e. The van der Waals surface area contributed by atoms with E-state index in [1.807, 2.05) is 19.1 Å². The summed E-state index contributed by atoms with van der Waals surface area (Å²) in [5, 5.41) is 15.7. The van der Waals surface area contributed by atoms with Crippen LogP contribution in [0.3, 0.4) is 0 Å². The average Bonchev–Trinajstić information content (AvgIpc) is 3.64. The van der Waals surface area contributed by atoms with Crippen LogP contribution >= 0.6 is 0 Å². The molecule has 8 heteroatoms. The van der Waals surface area contributed by atoms with E-state index in [1.54, 1.807) is 6.20 Å². The van der Waals surface area contributed by atoms with E-state index in [-0.39, 0.29) is 18.9 Å². The van der Waals surface area contributed by atoms with E-state index in [9.17, 15) is 14.7 Å². The number of carbonyl (C=O) groups excluding carboxylic acids is 1. The Hall–Kier alpha value is -3.00. The number of aromatic nitrogens is 2. The van der Waals surface area contributed by atoms with E-state index < -0.39 is 17.4 Å². The fourth-order valence-electron chi connectivity index (χ4n) is 4.61. The van der Waals surface area contributed by atoms with E-state index >= 15 is 0 Å². The summed E-state index contributed by atoms with van der Waals surface area (Å²) in [4.78, 5) is 33.6. The van der Waals surface area contributed by atoms with Crippen LogP contribution in [0.2, 0.25) is 0 Å². The predicted molar refractivity (Wildman–Crippen MR) is 129 cm³/mol. The topological polar surface area (TPSA) is 113 Å². The second-order valence-electron chi connectivity index (χ2n) is 9.28. The molecule has 1 fully saturated rings. The predicted octanol–water partition coefficient (Wildman–Crippen LogP) is 3.17. The monoisotopic (exact) mass is 466 g/mol. The van der Waals surface area contributed by atoms with Crippen molar-refractivity contribution in [2.24, 2.45) is 0 Å². The molecule has 8 nitrogen and oxygen atoms in total. The second kappa shape index (κ2) is 11.0. The van der Waals surface area contributed by atoms with Gasteiger partial charge < -0.3 is 20.5 Å². The molecule has 0 radical (unpaired) electrons. The van der Waals surface area contributed by atoms with Crippen molar-refractivity contribution < 1.29 is 19.4 Å². The first-order chi connectivity index (χ1) is 16.5. The SMILES string of the molecule is Cc1ncccc1C1(C(=O)NC(CCOCCCCc2ccc3c(n2)NCCC3)C(=O)O)CC1. The second-order valence-corrected chi connectivity index (χ2v) is 9.28. The average molecular weight is 467 g/mol. The number of nitrogens with zero attached hydrogens (tertiary/aromatic N) is 2. The molecule has 2 aromatic rings. The van der Waals surface area contributed by atoms with E-state index in [4.69, 9.17) is 9.72 Å². The van der Waals surface area contributed by atoms with E-state index in [0.717, 1.165) is 61.4 Å². The molecular formula is C26H34N4O4. The van der Waals surface area contributed by atoms with Gasteiger partial charge in [-0.2, -0.15) is 0 Å². The van der Waals surface area contributed by atoms with Gasteiger partial charge >= 0.3 is 5.97 Å². The molecule has 2 aromatic heterocycles. The Morgan fingerprint density at radius 2 is 2.09 bits per heavy atom. The van der Waals surface area contributed by atoms with Crippen LogP contribution in [0, 0.1) is 6.92 Å². The Balaban J connectivity index is 1.16. The normalized spacial score (nSPS) is 16.7. The summed E-state index contributed by atoms with van der Waals surface area (Å²) < 4.78 is 5.67. The van der Waals surface area contributed by atoms with Gasteiger partial charge in [0.1, 0.15) is 11.9 Å². The summed E-state index contributed by atoms with van der Waals surface area (Å²) in [7, 11) is 0. The highest BCUT2D eigenvalue weighted by Gasteiger charge is 2.52. The molecule has 0 aromatic carbocycles. The van der Waals surface area contributed by atoms with Gasteiger partial charge in [0, 0.05) is 43.8 Å². The number of carbonyl (C=O) groups is 2. The molecule has 1 saturated carbocycles. The van der Waals surface area contributed by atoms with Crippen molar-refractivity contribution >= 4 is 17.7 Å². The zero-order valence-electron chi connectivity index (χ0n) is 19.8. The number of fused-ring (bicyclic) bond motifs is 1. The van der Waals surface area contributed by atoms with Gasteiger partial charge in [0.05, 0.1) is 5.41 Å². The number of carboxylic acid groups (broad SMARTS) is 1. The van der Waals surface area contributed by atoms with Crippen LogP contribution < -0.4 is 10.6 Å². The fourth-order valence-corrected chi connectivity index (χ4v) is 4.61. The molecule has 182 valence electrons. The van der Waals surface area contributed by atoms with Crippen molar-refractivity contribution in [3.63, 3.8) is 0 Å². The van der Waals surface area contributed by atoms with Crippen LogP contribution in [0.1, 0.15) is 61.0 Å². The third kappa shape index (κ3) is 5.73. The number of unbranched alkanes of at least 4 members (excludes halogenated alkanes) is 1. The van der Waals surface area contributed by atoms with Gasteiger partial charge in [-0.3, -0.25) is 9.78 Å². The van der Waals surface area contributed by atoms with Gasteiger partial charge in [-0.05, 0) is 75.1 Å². The molecule has 0 saturated heterocycles. The lowest BCUT2D eigenvalue weighted by Crippen LogP contribution is -2.46. The van der Waals surface area contributed by atoms with Crippen molar-refractivity contribution in [3.8, 4) is 0 Å². The lowest BCUT2D eigenvalue weighted by molar-refractivity contribution is -0.142. The number of aliphatic carboxylic acids is 1. The Morgan fingerprint density at radius 3 is 2.85 bits per heavy atom. The molecule has 3 N–H and O–H groups in total. The van der Waals surface area contributed by atoms with Gasteiger partial charge in [-0.15, -0.1) is 0 Å². The smallest absolute Gasteiger partial charge is 0.326 e. The summed E-state index contributed by atoms with van der Waals surface area (Å²) in [5.41, 5.74) is 3.43. The lowest BCUT2D eigenvalue weighted by atomic mass is 9.93. The molecule has 4 rings (SSSR count). The molecule has 1 atom stereocenters. The Bertz CT molecular complexity index is 1020. The van der Waals surface area contributed by atoms with E-state index in [1.165, 1.54) is 5.56 Å². The van der Waals surface area contributed by atoms with Crippen molar-refractivity contribution in [1.29, 1.82) is 0 Å². The van der Waals surface area contributed by atoms with Crippen molar-refractivity contribution in [2.75, 3.05) is 25.1 Å². The highest BCUT2D eigenvalue weighted by Crippen LogP contribution is 2.49. The van der Waals surface area contributed by atoms with E-state index in [0.29, 0.717) is 19.4 Å². The summed E-state index contributed by atoms with van der Waals surface area (Å²) in [6, 6.07) is 7.03. The standard InChI is InChI=1S/C26H34N4O4/c1-18-21(8-5-14-27-18)26(12-13-26)25(33)30-22(24(31)32)11-17-34-16-3-2-7-20-10-9-19-6-4-15-28-23(19)29-20/h5,8-10,14,22H,2-4,6-7,11-13,15-17H2,1H3,(H,28,29)(H,30,33)(H,31,32). The lowest BCUT2D eigenvalue weighted by Gasteiger charge is -2.21. The molecule has 1 amide bonds. The number of anilines is 1. The molecule has 3 heterocycles. The maximum absolute atomic E-state index is 12.9. The van der Waals surface area contributed by atoms with Gasteiger partial charge in [0.25, 0.3) is 0 Å². The third-order valence-electron chi connectivity index (χ3n) is 6.78. The maximum atomic E-state index is 12.9. The molecule has 1 aliphatic carbocycles. The fraction of sp³-hybridized carbons (Fsp3) is 0.538. The molecule has 2 aliphatic rings. The minimum Gasteiger partial charge on any atom is -0.480 e. The van der Waals surface area contributed by atoms with Crippen LogP contribution in [-0.2, 0) is 32.6 Å². The van der Waals surface area contributed by atoms with E-state index in [2.05, 4.69) is 27.8 Å². The van der Waals surface area contributed by atoms with Crippen LogP contribution in [-0.4, -0.2) is 52.8 Å². The van der Waals surface area contributed by atoms with Gasteiger partial charge in [-0.1, -0.05) is 12.1 Å². The van der Waals surface area contributed by atoms with Crippen molar-refractivity contribution in [1.82, 2.24) is 15.3 Å². The number of nitrogens with one attached hydrogen (secondary N) is 2. The number of carboxylic acids is 1. The Morgan fingerprint density at radius 1 is 1.24 bits per heavy atom. The number of rotatable bonds is 12. The molecule has 1 unspecified atom stereocenters. The number of hydrogen-bond acceptors (Lipinski definition) is 6. The quantitative estimate of drug-likeness (QED) is 0.412. The van der Waals surface area contributed by atoms with Gasteiger partial charge in [-0.25, -0.2) is 9.78 Å². The van der Waals surface area contributed by atoms with Gasteiger partial charge in [0.15, 0.2) is 0 Å². The van der Waals surface area contributed by atoms with Crippen molar-refractivity contribution in [2.45, 2.75) is 69.7 Å². The number of ether oxygens (including phenoxy) is 1. The third-order valence-corrected chi connectivity index (χ3v) is 6.78. The number of pyridine rings is 2. The minimum atomic E-state index is -1.04. The Kier molecular flexibility index (Phi) is 7.77.